The van der Waals surface area contributed by atoms with Crippen molar-refractivity contribution in [2.45, 2.75) is 19.1 Å². The fourth-order valence-corrected chi connectivity index (χ4v) is 2.77. The Morgan fingerprint density at radius 2 is 2.39 bits per heavy atom. The van der Waals surface area contributed by atoms with Gasteiger partial charge in [0.1, 0.15) is 0 Å². The van der Waals surface area contributed by atoms with Gasteiger partial charge in [-0.05, 0) is 24.6 Å². The van der Waals surface area contributed by atoms with E-state index in [1.54, 1.807) is 0 Å². The van der Waals surface area contributed by atoms with Crippen LogP contribution in [0.15, 0.2) is 22.7 Å². The molecule has 1 aromatic rings. The first-order valence-corrected chi connectivity index (χ1v) is 6.72. The van der Waals surface area contributed by atoms with E-state index in [-0.39, 0.29) is 12.1 Å². The number of hydrogen-bond donors (Lipinski definition) is 1. The second-order valence-electron chi connectivity index (χ2n) is 4.43. The highest BCUT2D eigenvalue weighted by Gasteiger charge is 2.20. The normalized spacial score (nSPS) is 21.4. The molecule has 0 aromatic heterocycles. The number of nitriles is 1. The van der Waals surface area contributed by atoms with Gasteiger partial charge in [0.05, 0.1) is 19.2 Å². The lowest BCUT2D eigenvalue weighted by Gasteiger charge is -2.32. The molecule has 1 aliphatic rings. The summed E-state index contributed by atoms with van der Waals surface area (Å²) in [6, 6.07) is 8.28. The average Bonchev–Trinajstić information content (AvgIpc) is 2.38. The Labute approximate surface area is 115 Å². The van der Waals surface area contributed by atoms with Gasteiger partial charge in [-0.25, -0.2) is 0 Å². The SMILES string of the molecule is C[C@H](N)c1ccc(N2CCOC(C#N)C2)cc1Br. The van der Waals surface area contributed by atoms with E-state index in [4.69, 9.17) is 15.7 Å². The second-order valence-corrected chi connectivity index (χ2v) is 5.28. The molecule has 96 valence electrons. The van der Waals surface area contributed by atoms with Crippen molar-refractivity contribution in [3.63, 3.8) is 0 Å². The summed E-state index contributed by atoms with van der Waals surface area (Å²) >= 11 is 3.54. The van der Waals surface area contributed by atoms with E-state index in [0.29, 0.717) is 13.2 Å². The molecule has 1 fully saturated rings. The van der Waals surface area contributed by atoms with Crippen LogP contribution in [0.3, 0.4) is 0 Å². The van der Waals surface area contributed by atoms with Crippen LogP contribution in [-0.4, -0.2) is 25.8 Å². The molecular weight excluding hydrogens is 294 g/mol. The predicted molar refractivity (Wildman–Crippen MR) is 74.3 cm³/mol. The summed E-state index contributed by atoms with van der Waals surface area (Å²) in [5.41, 5.74) is 8.06. The zero-order valence-corrected chi connectivity index (χ0v) is 11.9. The molecule has 0 bridgehead atoms. The van der Waals surface area contributed by atoms with Gasteiger partial charge in [0.2, 0.25) is 0 Å². The Hall–Kier alpha value is -1.09. The maximum atomic E-state index is 8.90. The Kier molecular flexibility index (Phi) is 4.23. The molecule has 4 nitrogen and oxygen atoms in total. The minimum Gasteiger partial charge on any atom is -0.365 e. The fourth-order valence-electron chi connectivity index (χ4n) is 2.04. The van der Waals surface area contributed by atoms with Crippen molar-refractivity contribution in [1.29, 1.82) is 5.26 Å². The summed E-state index contributed by atoms with van der Waals surface area (Å²) in [4.78, 5) is 2.16. The van der Waals surface area contributed by atoms with E-state index >= 15 is 0 Å². The van der Waals surface area contributed by atoms with Crippen LogP contribution < -0.4 is 10.6 Å². The molecule has 0 saturated carbocycles. The third kappa shape index (κ3) is 2.83. The van der Waals surface area contributed by atoms with Crippen LogP contribution in [-0.2, 0) is 4.74 Å². The number of morpholine rings is 1. The van der Waals surface area contributed by atoms with Gasteiger partial charge >= 0.3 is 0 Å². The molecular formula is C13H16BrN3O. The summed E-state index contributed by atoms with van der Waals surface area (Å²) in [6.45, 7) is 3.97. The summed E-state index contributed by atoms with van der Waals surface area (Å²) in [7, 11) is 0. The van der Waals surface area contributed by atoms with Crippen molar-refractivity contribution in [2.24, 2.45) is 5.73 Å². The zero-order chi connectivity index (χ0) is 13.1. The largest absolute Gasteiger partial charge is 0.365 e. The van der Waals surface area contributed by atoms with Crippen LogP contribution in [0.25, 0.3) is 0 Å². The molecule has 0 aliphatic carbocycles. The van der Waals surface area contributed by atoms with Crippen LogP contribution in [0.2, 0.25) is 0 Å². The van der Waals surface area contributed by atoms with Crippen molar-refractivity contribution in [1.82, 2.24) is 0 Å². The Balaban J connectivity index is 2.19. The van der Waals surface area contributed by atoms with Crippen molar-refractivity contribution in [3.05, 3.63) is 28.2 Å². The minimum atomic E-state index is -0.342. The summed E-state index contributed by atoms with van der Waals surface area (Å²) < 4.78 is 6.35. The molecule has 2 atom stereocenters. The lowest BCUT2D eigenvalue weighted by atomic mass is 10.1. The van der Waals surface area contributed by atoms with E-state index in [1.807, 2.05) is 19.1 Å². The Bertz CT molecular complexity index is 470. The maximum absolute atomic E-state index is 8.90. The van der Waals surface area contributed by atoms with Gasteiger partial charge in [0.25, 0.3) is 0 Å². The number of hydrogen-bond acceptors (Lipinski definition) is 4. The molecule has 0 radical (unpaired) electrons. The smallest absolute Gasteiger partial charge is 0.161 e. The molecule has 0 amide bonds. The third-order valence-corrected chi connectivity index (χ3v) is 3.74. The first-order chi connectivity index (χ1) is 8.61. The zero-order valence-electron chi connectivity index (χ0n) is 10.3. The van der Waals surface area contributed by atoms with Gasteiger partial charge in [-0.3, -0.25) is 0 Å². The Morgan fingerprint density at radius 1 is 1.61 bits per heavy atom. The lowest BCUT2D eigenvalue weighted by molar-refractivity contribution is 0.0764. The van der Waals surface area contributed by atoms with Crippen molar-refractivity contribution in [2.75, 3.05) is 24.6 Å². The molecule has 1 saturated heterocycles. The lowest BCUT2D eigenvalue weighted by Crippen LogP contribution is -2.41. The Morgan fingerprint density at radius 3 is 3.00 bits per heavy atom. The van der Waals surface area contributed by atoms with E-state index < -0.39 is 0 Å². The van der Waals surface area contributed by atoms with Gasteiger partial charge < -0.3 is 15.4 Å². The van der Waals surface area contributed by atoms with Crippen LogP contribution in [0.1, 0.15) is 18.5 Å². The van der Waals surface area contributed by atoms with E-state index in [1.165, 1.54) is 0 Å². The maximum Gasteiger partial charge on any atom is 0.161 e. The number of anilines is 1. The van der Waals surface area contributed by atoms with Gasteiger partial charge in [-0.2, -0.15) is 5.26 Å². The number of nitrogens with zero attached hydrogens (tertiary/aromatic N) is 2. The minimum absolute atomic E-state index is 0.00460. The second kappa shape index (κ2) is 5.70. The van der Waals surface area contributed by atoms with E-state index in [0.717, 1.165) is 22.3 Å². The summed E-state index contributed by atoms with van der Waals surface area (Å²) in [5.74, 6) is 0. The van der Waals surface area contributed by atoms with Crippen LogP contribution in [0.4, 0.5) is 5.69 Å². The molecule has 1 unspecified atom stereocenters. The summed E-state index contributed by atoms with van der Waals surface area (Å²) in [6.07, 6.45) is -0.342. The standard InChI is InChI=1S/C13H16BrN3O/c1-9(16)12-3-2-10(6-13(12)14)17-4-5-18-11(7-15)8-17/h2-3,6,9,11H,4-5,8,16H2,1H3/t9-,11?/m0/s1. The van der Waals surface area contributed by atoms with Crippen molar-refractivity contribution < 1.29 is 4.74 Å². The number of ether oxygens (including phenoxy) is 1. The number of halogens is 1. The molecule has 1 aromatic carbocycles. The third-order valence-electron chi connectivity index (χ3n) is 3.05. The summed E-state index contributed by atoms with van der Waals surface area (Å²) in [5, 5.41) is 8.90. The predicted octanol–water partition coefficient (Wildman–Crippen LogP) is 2.20. The monoisotopic (exact) mass is 309 g/mol. The highest BCUT2D eigenvalue weighted by molar-refractivity contribution is 9.10. The van der Waals surface area contributed by atoms with Crippen molar-refractivity contribution >= 4 is 21.6 Å². The first kappa shape index (κ1) is 13.3. The highest BCUT2D eigenvalue weighted by atomic mass is 79.9. The number of rotatable bonds is 2. The van der Waals surface area contributed by atoms with Crippen LogP contribution in [0.5, 0.6) is 0 Å². The fraction of sp³-hybridized carbons (Fsp3) is 0.462. The van der Waals surface area contributed by atoms with E-state index in [9.17, 15) is 0 Å². The molecule has 1 aliphatic heterocycles. The topological polar surface area (TPSA) is 62.3 Å². The molecule has 5 heteroatoms. The average molecular weight is 310 g/mol. The molecule has 2 N–H and O–H groups in total. The molecule has 18 heavy (non-hydrogen) atoms. The molecule has 2 rings (SSSR count). The van der Waals surface area contributed by atoms with Crippen LogP contribution >= 0.6 is 15.9 Å². The molecule has 1 heterocycles. The number of nitrogens with two attached hydrogens (primary N) is 1. The van der Waals surface area contributed by atoms with Gasteiger partial charge in [0, 0.05) is 22.7 Å². The van der Waals surface area contributed by atoms with Gasteiger partial charge in [-0.1, -0.05) is 22.0 Å². The molecule has 0 spiro atoms. The van der Waals surface area contributed by atoms with Gasteiger partial charge in [-0.15, -0.1) is 0 Å². The van der Waals surface area contributed by atoms with Gasteiger partial charge in [0.15, 0.2) is 6.10 Å². The quantitative estimate of drug-likeness (QED) is 0.909. The highest BCUT2D eigenvalue weighted by Crippen LogP contribution is 2.28. The van der Waals surface area contributed by atoms with Crippen molar-refractivity contribution in [3.8, 4) is 6.07 Å². The van der Waals surface area contributed by atoms with E-state index in [2.05, 4.69) is 33.0 Å². The number of benzene rings is 1. The van der Waals surface area contributed by atoms with Crippen LogP contribution in [0, 0.1) is 11.3 Å². The first-order valence-electron chi connectivity index (χ1n) is 5.93.